The van der Waals surface area contributed by atoms with Crippen LogP contribution in [0.15, 0.2) is 200 Å². The van der Waals surface area contributed by atoms with Gasteiger partial charge in [-0.15, -0.1) is 0 Å². The third-order valence-electron chi connectivity index (χ3n) is 10.7. The van der Waals surface area contributed by atoms with Crippen LogP contribution in [0, 0.1) is 0 Å². The number of para-hydroxylation sites is 1. The average Bonchev–Trinajstić information content (AvgIpc) is 3.42. The molecule has 0 aliphatic heterocycles. The summed E-state index contributed by atoms with van der Waals surface area (Å²) in [4.78, 5) is 15.0. The normalized spacial score (nSPS) is 12.2. The molecule has 0 fully saturated rings. The highest BCUT2D eigenvalue weighted by Crippen LogP contribution is 2.38. The molecule has 0 amide bonds. The zero-order chi connectivity index (χ0) is 38.0. The van der Waals surface area contributed by atoms with Crippen molar-refractivity contribution < 1.29 is 0 Å². The number of allylic oxidation sites excluding steroid dienone is 3. The number of fused-ring (bicyclic) bond motifs is 3. The molecular weight excluding hydrogens is 693 g/mol. The summed E-state index contributed by atoms with van der Waals surface area (Å²) in [5.41, 5.74) is 15.0. The molecule has 0 N–H and O–H groups in total. The Labute approximate surface area is 332 Å². The predicted octanol–water partition coefficient (Wildman–Crippen LogP) is 12.7. The molecule has 9 aromatic rings. The van der Waals surface area contributed by atoms with Crippen LogP contribution >= 0.6 is 0 Å². The van der Waals surface area contributed by atoms with Crippen molar-refractivity contribution in [1.82, 2.24) is 19.5 Å². The van der Waals surface area contributed by atoms with E-state index in [2.05, 4.69) is 187 Å². The van der Waals surface area contributed by atoms with Crippen LogP contribution in [0.2, 0.25) is 0 Å². The fourth-order valence-corrected chi connectivity index (χ4v) is 8.03. The van der Waals surface area contributed by atoms with Gasteiger partial charge in [-0.05, 0) is 81.3 Å². The van der Waals surface area contributed by atoms with Gasteiger partial charge in [0.25, 0.3) is 0 Å². The van der Waals surface area contributed by atoms with Crippen molar-refractivity contribution >= 4 is 22.6 Å². The lowest BCUT2D eigenvalue weighted by molar-refractivity contribution is 0.932. The first kappa shape index (κ1) is 34.1. The number of benzene rings is 7. The monoisotopic (exact) mass is 730 g/mol. The highest BCUT2D eigenvalue weighted by atomic mass is 15.0. The molecule has 1 aliphatic carbocycles. The van der Waals surface area contributed by atoms with E-state index in [-0.39, 0.29) is 0 Å². The highest BCUT2D eigenvalue weighted by Gasteiger charge is 2.20. The Morgan fingerprint density at radius 3 is 1.86 bits per heavy atom. The van der Waals surface area contributed by atoms with Gasteiger partial charge in [0.2, 0.25) is 0 Å². The molecule has 0 unspecified atom stereocenters. The molecule has 7 aromatic carbocycles. The maximum absolute atomic E-state index is 5.03. The Kier molecular flexibility index (Phi) is 8.98. The van der Waals surface area contributed by atoms with Crippen LogP contribution in [-0.2, 0) is 12.8 Å². The van der Waals surface area contributed by atoms with Gasteiger partial charge in [-0.25, -0.2) is 15.0 Å². The molecule has 0 bridgehead atoms. The summed E-state index contributed by atoms with van der Waals surface area (Å²) in [6.07, 6.45) is 8.45. The molecule has 0 saturated carbocycles. The minimum atomic E-state index is 0.622. The summed E-state index contributed by atoms with van der Waals surface area (Å²) in [5, 5.41) is 1.27. The SMILES string of the molecule is C1=CC(c2ccccc2-c2ccccc2)=Cc2c(c3ccccc3n2-c2cccc(-c3cccc(-c4nc(Cc5ccccc5)nc(-c5ccccc5)n4)c3)c2)C1. The molecule has 2 aromatic heterocycles. The summed E-state index contributed by atoms with van der Waals surface area (Å²) in [6.45, 7) is 0. The van der Waals surface area contributed by atoms with E-state index in [1.807, 2.05) is 24.3 Å². The van der Waals surface area contributed by atoms with Gasteiger partial charge in [0.05, 0.1) is 11.2 Å². The van der Waals surface area contributed by atoms with E-state index in [1.54, 1.807) is 0 Å². The van der Waals surface area contributed by atoms with E-state index >= 15 is 0 Å². The fourth-order valence-electron chi connectivity index (χ4n) is 8.03. The smallest absolute Gasteiger partial charge is 0.163 e. The third kappa shape index (κ3) is 6.79. The van der Waals surface area contributed by atoms with Crippen molar-refractivity contribution in [3.8, 4) is 50.7 Å². The number of rotatable bonds is 8. The minimum Gasteiger partial charge on any atom is -0.310 e. The number of aromatic nitrogens is 4. The highest BCUT2D eigenvalue weighted by molar-refractivity contribution is 5.99. The maximum Gasteiger partial charge on any atom is 0.163 e. The summed E-state index contributed by atoms with van der Waals surface area (Å²) in [5.74, 6) is 2.08. The molecule has 4 nitrogen and oxygen atoms in total. The van der Waals surface area contributed by atoms with E-state index < -0.39 is 0 Å². The van der Waals surface area contributed by atoms with Gasteiger partial charge in [-0.2, -0.15) is 0 Å². The molecule has 0 spiro atoms. The van der Waals surface area contributed by atoms with E-state index in [0.717, 1.165) is 45.7 Å². The van der Waals surface area contributed by atoms with Crippen LogP contribution in [0.3, 0.4) is 0 Å². The van der Waals surface area contributed by atoms with Gasteiger partial charge in [0.1, 0.15) is 5.82 Å². The second-order valence-electron chi connectivity index (χ2n) is 14.4. The van der Waals surface area contributed by atoms with Crippen LogP contribution in [0.25, 0.3) is 73.3 Å². The Bertz CT molecular complexity index is 2940. The minimum absolute atomic E-state index is 0.622. The molecule has 57 heavy (non-hydrogen) atoms. The van der Waals surface area contributed by atoms with Crippen molar-refractivity contribution in [3.05, 3.63) is 228 Å². The summed E-state index contributed by atoms with van der Waals surface area (Å²) in [6, 6.07) is 66.1. The lowest BCUT2D eigenvalue weighted by Gasteiger charge is -2.14. The second-order valence-corrected chi connectivity index (χ2v) is 14.4. The van der Waals surface area contributed by atoms with Gasteiger partial charge in [0, 0.05) is 28.6 Å². The first-order valence-electron chi connectivity index (χ1n) is 19.5. The number of nitrogens with zero attached hydrogens (tertiary/aromatic N) is 4. The fraction of sp³-hybridized carbons (Fsp3) is 0.0377. The molecule has 0 atom stereocenters. The summed E-state index contributed by atoms with van der Waals surface area (Å²) in [7, 11) is 0. The molecular formula is C53H38N4. The lowest BCUT2D eigenvalue weighted by Crippen LogP contribution is -2.04. The zero-order valence-corrected chi connectivity index (χ0v) is 31.3. The third-order valence-corrected chi connectivity index (χ3v) is 10.7. The van der Waals surface area contributed by atoms with E-state index in [0.29, 0.717) is 18.1 Å². The summed E-state index contributed by atoms with van der Waals surface area (Å²) < 4.78 is 2.43. The van der Waals surface area contributed by atoms with Crippen molar-refractivity contribution in [2.45, 2.75) is 12.8 Å². The number of hydrogen-bond donors (Lipinski definition) is 0. The molecule has 270 valence electrons. The Hall–Kier alpha value is -7.43. The molecule has 4 heteroatoms. The first-order chi connectivity index (χ1) is 28.2. The van der Waals surface area contributed by atoms with Crippen LogP contribution in [0.1, 0.15) is 28.2 Å². The van der Waals surface area contributed by atoms with Crippen molar-refractivity contribution in [2.24, 2.45) is 0 Å². The van der Waals surface area contributed by atoms with Gasteiger partial charge < -0.3 is 4.57 Å². The van der Waals surface area contributed by atoms with Crippen molar-refractivity contribution in [3.63, 3.8) is 0 Å². The van der Waals surface area contributed by atoms with Gasteiger partial charge >= 0.3 is 0 Å². The van der Waals surface area contributed by atoms with E-state index in [9.17, 15) is 0 Å². The molecule has 0 saturated heterocycles. The van der Waals surface area contributed by atoms with Gasteiger partial charge in [-0.1, -0.05) is 176 Å². The lowest BCUT2D eigenvalue weighted by atomic mass is 9.94. The molecule has 0 radical (unpaired) electrons. The zero-order valence-electron chi connectivity index (χ0n) is 31.3. The largest absolute Gasteiger partial charge is 0.310 e. The van der Waals surface area contributed by atoms with Crippen molar-refractivity contribution in [1.29, 1.82) is 0 Å². The van der Waals surface area contributed by atoms with Crippen molar-refractivity contribution in [2.75, 3.05) is 0 Å². The maximum atomic E-state index is 5.03. The molecule has 10 rings (SSSR count). The quantitative estimate of drug-likeness (QED) is 0.156. The Balaban J connectivity index is 1.07. The molecule has 2 heterocycles. The van der Waals surface area contributed by atoms with E-state index in [1.165, 1.54) is 44.4 Å². The molecule has 1 aliphatic rings. The second kappa shape index (κ2) is 15.0. The number of hydrogen-bond acceptors (Lipinski definition) is 3. The van der Waals surface area contributed by atoms with Crippen LogP contribution in [0.4, 0.5) is 0 Å². The van der Waals surface area contributed by atoms with Gasteiger partial charge in [0.15, 0.2) is 11.6 Å². The Morgan fingerprint density at radius 2 is 1.07 bits per heavy atom. The van der Waals surface area contributed by atoms with Crippen LogP contribution in [-0.4, -0.2) is 19.5 Å². The van der Waals surface area contributed by atoms with Gasteiger partial charge in [-0.3, -0.25) is 0 Å². The summed E-state index contributed by atoms with van der Waals surface area (Å²) >= 11 is 0. The topological polar surface area (TPSA) is 43.6 Å². The Morgan fingerprint density at radius 1 is 0.474 bits per heavy atom. The van der Waals surface area contributed by atoms with Crippen LogP contribution < -0.4 is 0 Å². The average molecular weight is 731 g/mol. The first-order valence-corrected chi connectivity index (χ1v) is 19.5. The van der Waals surface area contributed by atoms with E-state index in [4.69, 9.17) is 15.0 Å². The van der Waals surface area contributed by atoms with Crippen LogP contribution in [0.5, 0.6) is 0 Å². The predicted molar refractivity (Wildman–Crippen MR) is 235 cm³/mol. The standard InChI is InChI=1S/C53H38N4/c1-4-17-37(18-5-1)33-51-54-52(39-21-8-3-9-22-39)56-53(55-51)43-26-14-23-40(34-43)41-24-15-27-44(35-41)57-49-32-13-12-30-47(49)48-31-16-25-42(36-50(48)57)46-29-11-10-28-45(46)38-19-6-2-7-20-38/h1-30,32,34-36H,31,33H2.